The Bertz CT molecular complexity index is 203. The molecule has 4 heteroatoms. The molecular formula is C14H27IO3. The molecule has 0 aromatic heterocycles. The van der Waals surface area contributed by atoms with Gasteiger partial charge in [0, 0.05) is 24.8 Å². The zero-order valence-electron chi connectivity index (χ0n) is 11.8. The molecule has 1 fully saturated rings. The third-order valence-electron chi connectivity index (χ3n) is 3.70. The van der Waals surface area contributed by atoms with Crippen LogP contribution in [0.4, 0.5) is 0 Å². The Hall–Kier alpha value is 0.610. The molecule has 18 heavy (non-hydrogen) atoms. The van der Waals surface area contributed by atoms with Gasteiger partial charge in [0.2, 0.25) is 0 Å². The number of halogens is 1. The maximum absolute atomic E-state index is 6.11. The smallest absolute Gasteiger partial charge is 0.0772 e. The van der Waals surface area contributed by atoms with Crippen molar-refractivity contribution in [2.75, 3.05) is 38.0 Å². The normalized spacial score (nSPS) is 28.5. The second-order valence-electron chi connectivity index (χ2n) is 5.31. The Kier molecular flexibility index (Phi) is 8.80. The van der Waals surface area contributed by atoms with Crippen LogP contribution in [-0.2, 0) is 14.2 Å². The van der Waals surface area contributed by atoms with Crippen molar-refractivity contribution in [3.63, 3.8) is 0 Å². The van der Waals surface area contributed by atoms with Crippen molar-refractivity contribution >= 4 is 22.6 Å². The SMILES string of the molecule is COCCCOCCOC1(CI)CCC(C)CC1. The largest absolute Gasteiger partial charge is 0.385 e. The molecule has 0 saturated heterocycles. The molecule has 0 atom stereocenters. The quantitative estimate of drug-likeness (QED) is 0.354. The van der Waals surface area contributed by atoms with Crippen LogP contribution in [0.2, 0.25) is 0 Å². The van der Waals surface area contributed by atoms with Crippen molar-refractivity contribution in [1.29, 1.82) is 0 Å². The number of hydrogen-bond donors (Lipinski definition) is 0. The molecule has 1 rings (SSSR count). The molecule has 1 aliphatic carbocycles. The molecule has 0 N–H and O–H groups in total. The average Bonchev–Trinajstić information content (AvgIpc) is 2.40. The van der Waals surface area contributed by atoms with Crippen LogP contribution in [0.5, 0.6) is 0 Å². The van der Waals surface area contributed by atoms with E-state index >= 15 is 0 Å². The van der Waals surface area contributed by atoms with E-state index < -0.39 is 0 Å². The zero-order valence-corrected chi connectivity index (χ0v) is 13.9. The minimum atomic E-state index is 0.128. The van der Waals surface area contributed by atoms with Gasteiger partial charge in [0.1, 0.15) is 0 Å². The lowest BCUT2D eigenvalue weighted by Gasteiger charge is -2.38. The third-order valence-corrected chi connectivity index (χ3v) is 5.09. The monoisotopic (exact) mass is 370 g/mol. The van der Waals surface area contributed by atoms with Gasteiger partial charge < -0.3 is 14.2 Å². The molecule has 0 bridgehead atoms. The maximum Gasteiger partial charge on any atom is 0.0772 e. The van der Waals surface area contributed by atoms with Gasteiger partial charge in [-0.3, -0.25) is 0 Å². The fraction of sp³-hybridized carbons (Fsp3) is 1.00. The van der Waals surface area contributed by atoms with Crippen LogP contribution in [0.3, 0.4) is 0 Å². The molecule has 0 spiro atoms. The highest BCUT2D eigenvalue weighted by atomic mass is 127. The average molecular weight is 370 g/mol. The Morgan fingerprint density at radius 2 is 1.83 bits per heavy atom. The Morgan fingerprint density at radius 1 is 1.11 bits per heavy atom. The molecule has 0 aromatic carbocycles. The summed E-state index contributed by atoms with van der Waals surface area (Å²) in [6.45, 7) is 5.32. The van der Waals surface area contributed by atoms with Crippen LogP contribution in [0, 0.1) is 5.92 Å². The molecule has 0 amide bonds. The molecule has 1 saturated carbocycles. The fourth-order valence-electron chi connectivity index (χ4n) is 2.33. The van der Waals surface area contributed by atoms with E-state index in [0.29, 0.717) is 6.61 Å². The lowest BCUT2D eigenvalue weighted by atomic mass is 9.80. The van der Waals surface area contributed by atoms with Crippen LogP contribution in [0.15, 0.2) is 0 Å². The van der Waals surface area contributed by atoms with Gasteiger partial charge in [-0.1, -0.05) is 29.5 Å². The standard InChI is InChI=1S/C14H27IO3/c1-13-4-6-14(12-15,7-5-13)18-11-10-17-9-3-8-16-2/h13H,3-12H2,1-2H3. The summed E-state index contributed by atoms with van der Waals surface area (Å²) in [5, 5.41) is 0. The van der Waals surface area contributed by atoms with Gasteiger partial charge in [-0.15, -0.1) is 0 Å². The van der Waals surface area contributed by atoms with Gasteiger partial charge in [-0.25, -0.2) is 0 Å². The first kappa shape index (κ1) is 16.7. The number of hydrogen-bond acceptors (Lipinski definition) is 3. The highest BCUT2D eigenvalue weighted by molar-refractivity contribution is 14.1. The highest BCUT2D eigenvalue weighted by Crippen LogP contribution is 2.36. The van der Waals surface area contributed by atoms with Crippen LogP contribution >= 0.6 is 22.6 Å². The summed E-state index contributed by atoms with van der Waals surface area (Å²) in [5.74, 6) is 0.870. The molecule has 0 radical (unpaired) electrons. The van der Waals surface area contributed by atoms with E-state index in [2.05, 4.69) is 29.5 Å². The molecule has 0 aliphatic heterocycles. The van der Waals surface area contributed by atoms with Gasteiger partial charge in [-0.2, -0.15) is 0 Å². The van der Waals surface area contributed by atoms with Crippen molar-refractivity contribution in [3.8, 4) is 0 Å². The topological polar surface area (TPSA) is 27.7 Å². The highest BCUT2D eigenvalue weighted by Gasteiger charge is 2.33. The van der Waals surface area contributed by atoms with Gasteiger partial charge in [0.05, 0.1) is 18.8 Å². The summed E-state index contributed by atoms with van der Waals surface area (Å²) in [5.41, 5.74) is 0.128. The molecule has 108 valence electrons. The molecule has 1 aliphatic rings. The number of alkyl halides is 1. The molecule has 0 aromatic rings. The van der Waals surface area contributed by atoms with E-state index in [1.165, 1.54) is 25.7 Å². The van der Waals surface area contributed by atoms with E-state index in [1.807, 2.05) is 0 Å². The molecular weight excluding hydrogens is 343 g/mol. The summed E-state index contributed by atoms with van der Waals surface area (Å²) in [6, 6.07) is 0. The van der Waals surface area contributed by atoms with Crippen molar-refractivity contribution in [1.82, 2.24) is 0 Å². The van der Waals surface area contributed by atoms with E-state index in [4.69, 9.17) is 14.2 Å². The summed E-state index contributed by atoms with van der Waals surface area (Å²) >= 11 is 2.46. The maximum atomic E-state index is 6.11. The molecule has 0 unspecified atom stereocenters. The van der Waals surface area contributed by atoms with Crippen LogP contribution in [0.25, 0.3) is 0 Å². The van der Waals surface area contributed by atoms with Crippen LogP contribution in [-0.4, -0.2) is 43.6 Å². The first-order valence-electron chi connectivity index (χ1n) is 6.99. The number of ether oxygens (including phenoxy) is 3. The lowest BCUT2D eigenvalue weighted by molar-refractivity contribution is -0.0773. The van der Waals surface area contributed by atoms with Crippen molar-refractivity contribution in [2.24, 2.45) is 5.92 Å². The lowest BCUT2D eigenvalue weighted by Crippen LogP contribution is -2.39. The second kappa shape index (κ2) is 9.50. The van der Waals surface area contributed by atoms with Crippen molar-refractivity contribution in [3.05, 3.63) is 0 Å². The minimum absolute atomic E-state index is 0.128. The van der Waals surface area contributed by atoms with Crippen molar-refractivity contribution < 1.29 is 14.2 Å². The van der Waals surface area contributed by atoms with Gasteiger partial charge in [0.15, 0.2) is 0 Å². The number of rotatable bonds is 9. The van der Waals surface area contributed by atoms with E-state index in [0.717, 1.165) is 36.6 Å². The van der Waals surface area contributed by atoms with Gasteiger partial charge in [-0.05, 0) is 38.0 Å². The van der Waals surface area contributed by atoms with Crippen LogP contribution in [0.1, 0.15) is 39.0 Å². The first-order chi connectivity index (χ1) is 8.72. The zero-order chi connectivity index (χ0) is 13.3. The third kappa shape index (κ3) is 6.17. The van der Waals surface area contributed by atoms with E-state index in [1.54, 1.807) is 7.11 Å². The predicted molar refractivity (Wildman–Crippen MR) is 82.5 cm³/mol. The summed E-state index contributed by atoms with van der Waals surface area (Å²) in [4.78, 5) is 0. The van der Waals surface area contributed by atoms with E-state index in [9.17, 15) is 0 Å². The Morgan fingerprint density at radius 3 is 2.44 bits per heavy atom. The first-order valence-corrected chi connectivity index (χ1v) is 8.51. The van der Waals surface area contributed by atoms with Crippen LogP contribution < -0.4 is 0 Å². The number of methoxy groups -OCH3 is 1. The fourth-order valence-corrected chi connectivity index (χ4v) is 3.31. The summed E-state index contributed by atoms with van der Waals surface area (Å²) in [6.07, 6.45) is 5.99. The molecule has 0 heterocycles. The predicted octanol–water partition coefficient (Wildman–Crippen LogP) is 3.44. The Labute approximate surface area is 125 Å². The van der Waals surface area contributed by atoms with E-state index in [-0.39, 0.29) is 5.60 Å². The molecule has 3 nitrogen and oxygen atoms in total. The second-order valence-corrected chi connectivity index (χ2v) is 6.07. The van der Waals surface area contributed by atoms with Crippen molar-refractivity contribution in [2.45, 2.75) is 44.6 Å². The summed E-state index contributed by atoms with van der Waals surface area (Å²) in [7, 11) is 1.72. The summed E-state index contributed by atoms with van der Waals surface area (Å²) < 4.78 is 17.7. The minimum Gasteiger partial charge on any atom is -0.385 e. The van der Waals surface area contributed by atoms with Gasteiger partial charge >= 0.3 is 0 Å². The Balaban J connectivity index is 2.08. The van der Waals surface area contributed by atoms with Gasteiger partial charge in [0.25, 0.3) is 0 Å².